The molecule has 0 saturated carbocycles. The number of nitrogens with zero attached hydrogens (tertiary/aromatic N) is 6. The van der Waals surface area contributed by atoms with Gasteiger partial charge in [0.2, 0.25) is 11.8 Å². The normalized spacial score (nSPS) is 16.4. The van der Waals surface area contributed by atoms with Gasteiger partial charge >= 0.3 is 0 Å². The molecular weight excluding hydrogens is 358 g/mol. The van der Waals surface area contributed by atoms with Crippen molar-refractivity contribution in [3.8, 4) is 5.82 Å². The number of amides is 2. The molecule has 28 heavy (non-hydrogen) atoms. The van der Waals surface area contributed by atoms with Crippen molar-refractivity contribution >= 4 is 11.8 Å². The standard InChI is InChI=1S/C19H19N7O2/c27-17-8-15(10-25(17)11-16-5-1-2-6-21-16)19(28)23-9-14-4-3-7-22-18(14)26-13-20-12-24-26/h1-7,12-13,15H,8-11H2,(H,23,28). The molecule has 1 N–H and O–H groups in total. The Morgan fingerprint density at radius 2 is 2.07 bits per heavy atom. The molecule has 4 rings (SSSR count). The van der Waals surface area contributed by atoms with E-state index in [9.17, 15) is 9.59 Å². The van der Waals surface area contributed by atoms with Crippen LogP contribution in [-0.4, -0.2) is 48.0 Å². The van der Waals surface area contributed by atoms with Crippen molar-refractivity contribution in [2.24, 2.45) is 5.92 Å². The largest absolute Gasteiger partial charge is 0.352 e. The second kappa shape index (κ2) is 7.95. The Labute approximate surface area is 161 Å². The average Bonchev–Trinajstić information content (AvgIpc) is 3.38. The molecule has 0 spiro atoms. The maximum atomic E-state index is 12.6. The lowest BCUT2D eigenvalue weighted by Crippen LogP contribution is -2.33. The first-order valence-corrected chi connectivity index (χ1v) is 8.95. The van der Waals surface area contributed by atoms with Gasteiger partial charge in [-0.1, -0.05) is 12.1 Å². The molecule has 9 nitrogen and oxygen atoms in total. The van der Waals surface area contributed by atoms with Crippen LogP contribution in [0.1, 0.15) is 17.7 Å². The molecular formula is C19H19N7O2. The molecule has 0 bridgehead atoms. The van der Waals surface area contributed by atoms with Gasteiger partial charge in [-0.3, -0.25) is 14.6 Å². The predicted octanol–water partition coefficient (Wildman–Crippen LogP) is 0.722. The van der Waals surface area contributed by atoms with Gasteiger partial charge in [-0.2, -0.15) is 5.10 Å². The molecule has 0 aliphatic carbocycles. The Bertz CT molecular complexity index is 959. The van der Waals surface area contributed by atoms with Gasteiger partial charge in [0.1, 0.15) is 12.7 Å². The number of nitrogens with one attached hydrogen (secondary N) is 1. The van der Waals surface area contributed by atoms with Gasteiger partial charge in [-0.15, -0.1) is 0 Å². The smallest absolute Gasteiger partial charge is 0.225 e. The molecule has 142 valence electrons. The van der Waals surface area contributed by atoms with Crippen molar-refractivity contribution in [1.29, 1.82) is 0 Å². The predicted molar refractivity (Wildman–Crippen MR) is 98.8 cm³/mol. The molecule has 1 unspecified atom stereocenters. The zero-order valence-electron chi connectivity index (χ0n) is 15.1. The van der Waals surface area contributed by atoms with Crippen LogP contribution in [0.3, 0.4) is 0 Å². The average molecular weight is 377 g/mol. The maximum Gasteiger partial charge on any atom is 0.225 e. The summed E-state index contributed by atoms with van der Waals surface area (Å²) in [6.45, 7) is 1.11. The van der Waals surface area contributed by atoms with Crippen molar-refractivity contribution in [3.63, 3.8) is 0 Å². The first-order valence-electron chi connectivity index (χ1n) is 8.95. The summed E-state index contributed by atoms with van der Waals surface area (Å²) in [5.41, 5.74) is 1.63. The zero-order valence-corrected chi connectivity index (χ0v) is 15.1. The highest BCUT2D eigenvalue weighted by molar-refractivity contribution is 5.89. The highest BCUT2D eigenvalue weighted by atomic mass is 16.2. The zero-order chi connectivity index (χ0) is 19.3. The number of carbonyl (C=O) groups excluding carboxylic acids is 2. The minimum Gasteiger partial charge on any atom is -0.352 e. The summed E-state index contributed by atoms with van der Waals surface area (Å²) in [7, 11) is 0. The van der Waals surface area contributed by atoms with Crippen molar-refractivity contribution in [2.45, 2.75) is 19.5 Å². The van der Waals surface area contributed by atoms with Crippen molar-refractivity contribution < 1.29 is 9.59 Å². The minimum atomic E-state index is -0.372. The summed E-state index contributed by atoms with van der Waals surface area (Å²) in [5.74, 6) is 0.0584. The highest BCUT2D eigenvalue weighted by Crippen LogP contribution is 2.20. The molecule has 1 saturated heterocycles. The van der Waals surface area contributed by atoms with Crippen LogP contribution in [0.4, 0.5) is 0 Å². The van der Waals surface area contributed by atoms with Gasteiger partial charge in [-0.05, 0) is 18.2 Å². The van der Waals surface area contributed by atoms with E-state index >= 15 is 0 Å². The summed E-state index contributed by atoms with van der Waals surface area (Å²) >= 11 is 0. The molecule has 3 aromatic heterocycles. The van der Waals surface area contributed by atoms with Gasteiger partial charge in [0.15, 0.2) is 5.82 Å². The topological polar surface area (TPSA) is 106 Å². The van der Waals surface area contributed by atoms with Gasteiger partial charge in [0, 0.05) is 37.5 Å². The van der Waals surface area contributed by atoms with E-state index < -0.39 is 0 Å². The van der Waals surface area contributed by atoms with Crippen LogP contribution >= 0.6 is 0 Å². The molecule has 0 radical (unpaired) electrons. The maximum absolute atomic E-state index is 12.6. The summed E-state index contributed by atoms with van der Waals surface area (Å²) in [4.78, 5) is 39.0. The number of aromatic nitrogens is 5. The van der Waals surface area contributed by atoms with Crippen LogP contribution in [0.2, 0.25) is 0 Å². The van der Waals surface area contributed by atoms with Crippen LogP contribution in [0.25, 0.3) is 5.82 Å². The fraction of sp³-hybridized carbons (Fsp3) is 0.263. The first kappa shape index (κ1) is 17.8. The van der Waals surface area contributed by atoms with E-state index in [1.54, 1.807) is 34.4 Å². The van der Waals surface area contributed by atoms with E-state index in [0.717, 1.165) is 11.3 Å². The second-order valence-corrected chi connectivity index (χ2v) is 6.54. The highest BCUT2D eigenvalue weighted by Gasteiger charge is 2.34. The first-order chi connectivity index (χ1) is 13.7. The molecule has 1 aliphatic heterocycles. The fourth-order valence-electron chi connectivity index (χ4n) is 3.21. The Kier molecular flexibility index (Phi) is 5.05. The fourth-order valence-corrected chi connectivity index (χ4v) is 3.21. The van der Waals surface area contributed by atoms with E-state index in [1.807, 2.05) is 24.3 Å². The number of carbonyl (C=O) groups is 2. The van der Waals surface area contributed by atoms with E-state index in [-0.39, 0.29) is 24.2 Å². The van der Waals surface area contributed by atoms with Crippen LogP contribution in [0, 0.1) is 5.92 Å². The molecule has 0 aromatic carbocycles. The van der Waals surface area contributed by atoms with Crippen LogP contribution in [0.15, 0.2) is 55.4 Å². The lowest BCUT2D eigenvalue weighted by Gasteiger charge is -2.16. The van der Waals surface area contributed by atoms with Crippen molar-refractivity contribution in [1.82, 2.24) is 34.9 Å². The molecule has 1 aliphatic rings. The molecule has 9 heteroatoms. The van der Waals surface area contributed by atoms with Gasteiger partial charge < -0.3 is 10.2 Å². The van der Waals surface area contributed by atoms with E-state index in [4.69, 9.17) is 0 Å². The van der Waals surface area contributed by atoms with Crippen LogP contribution < -0.4 is 5.32 Å². The number of likely N-dealkylation sites (tertiary alicyclic amines) is 1. The summed E-state index contributed by atoms with van der Waals surface area (Å²) in [5, 5.41) is 7.00. The molecule has 1 atom stereocenters. The minimum absolute atomic E-state index is 0.0320. The van der Waals surface area contributed by atoms with E-state index in [0.29, 0.717) is 25.5 Å². The third-order valence-corrected chi connectivity index (χ3v) is 4.62. The monoisotopic (exact) mass is 377 g/mol. The Balaban J connectivity index is 1.37. The SMILES string of the molecule is O=C(NCc1cccnc1-n1cncn1)C1CC(=O)N(Cc2ccccn2)C1. The van der Waals surface area contributed by atoms with E-state index in [2.05, 4.69) is 25.4 Å². The summed E-state index contributed by atoms with van der Waals surface area (Å²) in [6, 6.07) is 9.26. The third-order valence-electron chi connectivity index (χ3n) is 4.62. The third kappa shape index (κ3) is 3.88. The Hall–Kier alpha value is -3.62. The van der Waals surface area contributed by atoms with Gasteiger partial charge in [0.25, 0.3) is 0 Å². The lowest BCUT2D eigenvalue weighted by atomic mass is 10.1. The number of pyridine rings is 2. The molecule has 4 heterocycles. The van der Waals surface area contributed by atoms with Crippen molar-refractivity contribution in [2.75, 3.05) is 6.54 Å². The van der Waals surface area contributed by atoms with Crippen LogP contribution in [-0.2, 0) is 22.7 Å². The molecule has 1 fully saturated rings. The summed E-state index contributed by atoms with van der Waals surface area (Å²) < 4.78 is 1.55. The van der Waals surface area contributed by atoms with Crippen LogP contribution in [0.5, 0.6) is 0 Å². The van der Waals surface area contributed by atoms with Crippen molar-refractivity contribution in [3.05, 3.63) is 66.6 Å². The number of rotatable bonds is 6. The second-order valence-electron chi connectivity index (χ2n) is 6.54. The van der Waals surface area contributed by atoms with Gasteiger partial charge in [0.05, 0.1) is 18.2 Å². The Morgan fingerprint density at radius 3 is 2.86 bits per heavy atom. The van der Waals surface area contributed by atoms with Gasteiger partial charge in [-0.25, -0.2) is 14.6 Å². The Morgan fingerprint density at radius 1 is 1.18 bits per heavy atom. The number of hydrogen-bond acceptors (Lipinski definition) is 6. The number of hydrogen-bond donors (Lipinski definition) is 1. The molecule has 2 amide bonds. The van der Waals surface area contributed by atoms with E-state index in [1.165, 1.54) is 6.33 Å². The summed E-state index contributed by atoms with van der Waals surface area (Å²) in [6.07, 6.45) is 6.55. The lowest BCUT2D eigenvalue weighted by molar-refractivity contribution is -0.129. The molecule has 3 aromatic rings. The quantitative estimate of drug-likeness (QED) is 0.679.